The summed E-state index contributed by atoms with van der Waals surface area (Å²) in [6, 6.07) is 32.1. The van der Waals surface area contributed by atoms with Crippen LogP contribution in [0.1, 0.15) is 134 Å². The molecule has 5 nitrogen and oxygen atoms in total. The van der Waals surface area contributed by atoms with Crippen LogP contribution >= 0.6 is 0 Å². The fraction of sp³-hybridized carbons (Fsp3) is 0.458. The molecule has 8 bridgehead atoms. The van der Waals surface area contributed by atoms with Crippen LogP contribution in [0.5, 0.6) is 5.75 Å². The van der Waals surface area contributed by atoms with Crippen molar-refractivity contribution in [3.8, 4) is 28.0 Å². The number of aromatic amines is 2. The summed E-state index contributed by atoms with van der Waals surface area (Å²) in [4.78, 5) is 18.3. The summed E-state index contributed by atoms with van der Waals surface area (Å²) in [7, 11) is 0. The lowest BCUT2D eigenvalue weighted by Gasteiger charge is -2.61. The summed E-state index contributed by atoms with van der Waals surface area (Å²) < 4.78 is 7.45. The van der Waals surface area contributed by atoms with Gasteiger partial charge < -0.3 is 14.7 Å². The third-order valence-electron chi connectivity index (χ3n) is 17.8. The van der Waals surface area contributed by atoms with E-state index in [0.717, 1.165) is 121 Å². The van der Waals surface area contributed by atoms with Crippen molar-refractivity contribution in [3.05, 3.63) is 114 Å². The van der Waals surface area contributed by atoms with Gasteiger partial charge in [0, 0.05) is 27.7 Å². The molecule has 5 aromatic rings. The molecule has 4 saturated carbocycles. The van der Waals surface area contributed by atoms with Gasteiger partial charge in [-0.1, -0.05) is 115 Å². The highest BCUT2D eigenvalue weighted by atomic mass is 16.5. The minimum Gasteiger partial charge on any atom is -0.486 e. The first-order valence-electron chi connectivity index (χ1n) is 25.1. The lowest BCUT2D eigenvalue weighted by atomic mass is 9.44. The van der Waals surface area contributed by atoms with Gasteiger partial charge in [-0.2, -0.15) is 0 Å². The largest absolute Gasteiger partial charge is 0.486 e. The summed E-state index contributed by atoms with van der Waals surface area (Å²) in [5, 5.41) is 0. The Hall–Kier alpha value is -5.16. The SMILES string of the molecule is CC(C)CCCC(C)C1CCC2C3CCC4CC(Oc5c6nc(c(-c7ccccc7)c7ccc(cc8nc(c(-c9ccccc9)c9ccc5[nH]9)C=C8)[nH]7)C=C6)CCC4(C)C3CCC12C. The third kappa shape index (κ3) is 7.39. The number of benzene rings is 2. The molecule has 0 spiro atoms. The second kappa shape index (κ2) is 16.7. The second-order valence-corrected chi connectivity index (χ2v) is 21.7. The Labute approximate surface area is 381 Å². The van der Waals surface area contributed by atoms with E-state index in [1.807, 2.05) is 0 Å². The summed E-state index contributed by atoms with van der Waals surface area (Å²) in [6.45, 7) is 12.8. The third-order valence-corrected chi connectivity index (χ3v) is 17.8. The minimum absolute atomic E-state index is 0.134. The fourth-order valence-electron chi connectivity index (χ4n) is 14.6. The molecule has 9 atom stereocenters. The Morgan fingerprint density at radius 1 is 0.625 bits per heavy atom. The van der Waals surface area contributed by atoms with Crippen molar-refractivity contribution in [2.45, 2.75) is 118 Å². The Morgan fingerprint density at radius 2 is 1.28 bits per heavy atom. The van der Waals surface area contributed by atoms with Gasteiger partial charge >= 0.3 is 0 Å². The Morgan fingerprint density at radius 3 is 2.05 bits per heavy atom. The first kappa shape index (κ1) is 41.5. The minimum atomic E-state index is 0.134. The molecule has 5 heteroatoms. The van der Waals surface area contributed by atoms with Crippen molar-refractivity contribution in [1.82, 2.24) is 19.9 Å². The van der Waals surface area contributed by atoms with Gasteiger partial charge in [0.05, 0.1) is 28.7 Å². The maximum atomic E-state index is 7.45. The zero-order valence-corrected chi connectivity index (χ0v) is 38.9. The molecule has 64 heavy (non-hydrogen) atoms. The van der Waals surface area contributed by atoms with Crippen LogP contribution in [0.15, 0.2) is 91.0 Å². The number of aromatic nitrogens is 4. The Kier molecular flexibility index (Phi) is 10.8. The number of hydrogen-bond acceptors (Lipinski definition) is 3. The molecule has 4 aliphatic carbocycles. The lowest BCUT2D eigenvalue weighted by molar-refractivity contribution is -0.126. The average Bonchev–Trinajstić information content (AvgIpc) is 4.16. The van der Waals surface area contributed by atoms with Gasteiger partial charge in [-0.15, -0.1) is 0 Å². The van der Waals surface area contributed by atoms with Gasteiger partial charge in [-0.05, 0) is 176 Å². The number of nitrogens with one attached hydrogen (secondary N) is 2. The average molecular weight is 849 g/mol. The van der Waals surface area contributed by atoms with E-state index in [4.69, 9.17) is 14.7 Å². The lowest BCUT2D eigenvalue weighted by Crippen LogP contribution is -2.54. The van der Waals surface area contributed by atoms with Gasteiger partial charge in [0.2, 0.25) is 0 Å². The van der Waals surface area contributed by atoms with E-state index < -0.39 is 0 Å². The molecule has 330 valence electrons. The predicted molar refractivity (Wildman–Crippen MR) is 267 cm³/mol. The van der Waals surface area contributed by atoms with Crippen molar-refractivity contribution in [2.24, 2.45) is 52.3 Å². The molecule has 0 radical (unpaired) electrons. The zero-order chi connectivity index (χ0) is 43.6. The molecule has 11 rings (SSSR count). The normalized spacial score (nSPS) is 28.7. The molecular formula is C59H68N4O. The van der Waals surface area contributed by atoms with Gasteiger partial charge in [-0.3, -0.25) is 0 Å². The summed E-state index contributed by atoms with van der Waals surface area (Å²) in [6.07, 6.45) is 24.9. The van der Waals surface area contributed by atoms with Crippen molar-refractivity contribution >= 4 is 46.4 Å². The number of ether oxygens (including phenoxy) is 1. The zero-order valence-electron chi connectivity index (χ0n) is 38.9. The van der Waals surface area contributed by atoms with E-state index in [1.54, 1.807) is 0 Å². The van der Waals surface area contributed by atoms with Crippen molar-refractivity contribution in [2.75, 3.05) is 0 Å². The van der Waals surface area contributed by atoms with Crippen LogP contribution in [0.3, 0.4) is 0 Å². The quantitative estimate of drug-likeness (QED) is 0.152. The van der Waals surface area contributed by atoms with Gasteiger partial charge in [0.25, 0.3) is 0 Å². The molecule has 2 aliphatic heterocycles. The van der Waals surface area contributed by atoms with E-state index in [9.17, 15) is 0 Å². The highest BCUT2D eigenvalue weighted by molar-refractivity contribution is 5.94. The van der Waals surface area contributed by atoms with E-state index in [0.29, 0.717) is 16.7 Å². The van der Waals surface area contributed by atoms with Crippen LogP contribution in [-0.4, -0.2) is 26.0 Å². The molecule has 9 unspecified atom stereocenters. The van der Waals surface area contributed by atoms with E-state index in [2.05, 4.69) is 160 Å². The summed E-state index contributed by atoms with van der Waals surface area (Å²) in [5.74, 6) is 6.76. The van der Waals surface area contributed by atoms with Crippen LogP contribution in [0.25, 0.3) is 68.6 Å². The Bertz CT molecular complexity index is 2700. The standard InChI is InChI=1S/C59H68N4O/c1-37(2)13-12-14-38(3)46-23-24-47-45-22-19-41-35-44(31-33-58(41,4)48(45)32-34-59(46,47)5)64-57-53-29-27-51(62-53)55(39-15-8-6-9-16-39)49-25-20-42(60-49)36-43-21-26-50(61-43)56(40-17-10-7-11-18-40)52-28-30-54(57)63-52/h6-11,15-18,20-21,25-30,36-38,41,44-48,60,63H,12-14,19,22-24,31-35H2,1-5H3. The van der Waals surface area contributed by atoms with Crippen molar-refractivity contribution in [1.29, 1.82) is 0 Å². The first-order valence-corrected chi connectivity index (χ1v) is 25.1. The number of H-pyrrole nitrogens is 2. The van der Waals surface area contributed by atoms with E-state index in [-0.39, 0.29) is 6.10 Å². The molecule has 2 aromatic carbocycles. The number of hydrogen-bond donors (Lipinski definition) is 2. The van der Waals surface area contributed by atoms with Crippen LogP contribution in [0.2, 0.25) is 0 Å². The maximum absolute atomic E-state index is 7.45. The van der Waals surface area contributed by atoms with Crippen LogP contribution in [0.4, 0.5) is 0 Å². The van der Waals surface area contributed by atoms with Crippen LogP contribution in [-0.2, 0) is 0 Å². The van der Waals surface area contributed by atoms with Gasteiger partial charge in [0.1, 0.15) is 5.69 Å². The van der Waals surface area contributed by atoms with Gasteiger partial charge in [0.15, 0.2) is 5.75 Å². The van der Waals surface area contributed by atoms with Crippen LogP contribution < -0.4 is 4.74 Å². The number of fused-ring (bicyclic) bond motifs is 13. The molecule has 2 N–H and O–H groups in total. The highest BCUT2D eigenvalue weighted by Crippen LogP contribution is 2.68. The topological polar surface area (TPSA) is 66.6 Å². The second-order valence-electron chi connectivity index (χ2n) is 21.7. The number of rotatable bonds is 9. The van der Waals surface area contributed by atoms with Crippen molar-refractivity contribution < 1.29 is 4.74 Å². The smallest absolute Gasteiger partial charge is 0.168 e. The summed E-state index contributed by atoms with van der Waals surface area (Å²) in [5.41, 5.74) is 13.0. The maximum Gasteiger partial charge on any atom is 0.168 e. The fourth-order valence-corrected chi connectivity index (χ4v) is 14.6. The number of nitrogens with zero attached hydrogens (tertiary/aromatic N) is 2. The monoisotopic (exact) mass is 849 g/mol. The molecule has 6 aliphatic rings. The molecular weight excluding hydrogens is 781 g/mol. The first-order chi connectivity index (χ1) is 31.1. The molecule has 4 fully saturated rings. The highest BCUT2D eigenvalue weighted by Gasteiger charge is 2.60. The Balaban J connectivity index is 0.951. The molecule has 5 heterocycles. The van der Waals surface area contributed by atoms with Crippen LogP contribution in [0, 0.1) is 52.3 Å². The molecule has 0 saturated heterocycles. The van der Waals surface area contributed by atoms with E-state index in [1.165, 1.54) is 64.2 Å². The van der Waals surface area contributed by atoms with Crippen molar-refractivity contribution in [3.63, 3.8) is 0 Å². The van der Waals surface area contributed by atoms with Gasteiger partial charge in [-0.25, -0.2) is 9.97 Å². The molecule has 3 aromatic heterocycles. The molecule has 0 amide bonds. The predicted octanol–water partition coefficient (Wildman–Crippen LogP) is 15.9. The van der Waals surface area contributed by atoms with E-state index >= 15 is 0 Å². The summed E-state index contributed by atoms with van der Waals surface area (Å²) >= 11 is 0.